The van der Waals surface area contributed by atoms with Crippen LogP contribution in [0.2, 0.25) is 0 Å². The molecule has 1 amide bonds. The number of nitrogens with zero attached hydrogens (tertiary/aromatic N) is 1. The molecule has 8 nitrogen and oxygen atoms in total. The number of rotatable bonds is 8. The van der Waals surface area contributed by atoms with Crippen LogP contribution in [-0.4, -0.2) is 51.5 Å². The van der Waals surface area contributed by atoms with Crippen LogP contribution in [-0.2, 0) is 14.8 Å². The number of nitrogens with one attached hydrogen (secondary N) is 1. The molecule has 4 rings (SSSR count). The first kappa shape index (κ1) is 23.7. The van der Waals surface area contributed by atoms with Crippen molar-refractivity contribution in [2.45, 2.75) is 11.8 Å². The van der Waals surface area contributed by atoms with E-state index in [4.69, 9.17) is 14.2 Å². The second-order valence-corrected chi connectivity index (χ2v) is 9.44. The third-order valence-corrected chi connectivity index (χ3v) is 7.10. The maximum atomic E-state index is 13.2. The Morgan fingerprint density at radius 3 is 2.32 bits per heavy atom. The van der Waals surface area contributed by atoms with Gasteiger partial charge in [0.1, 0.15) is 11.5 Å². The number of carbonyl (C=O) groups is 1. The average Bonchev–Trinajstić information content (AvgIpc) is 2.87. The Morgan fingerprint density at radius 1 is 0.971 bits per heavy atom. The minimum absolute atomic E-state index is 0.0665. The van der Waals surface area contributed by atoms with Crippen molar-refractivity contribution in [3.05, 3.63) is 78.4 Å². The highest BCUT2D eigenvalue weighted by molar-refractivity contribution is 7.89. The molecular formula is C25H26N2O6S. The number of sulfonamides is 1. The fourth-order valence-corrected chi connectivity index (χ4v) is 4.91. The van der Waals surface area contributed by atoms with E-state index >= 15 is 0 Å². The number of anilines is 1. The topological polar surface area (TPSA) is 94.2 Å². The Labute approximate surface area is 199 Å². The first-order valence-electron chi connectivity index (χ1n) is 11.0. The van der Waals surface area contributed by atoms with E-state index in [2.05, 4.69) is 5.32 Å². The predicted molar refractivity (Wildman–Crippen MR) is 128 cm³/mol. The summed E-state index contributed by atoms with van der Waals surface area (Å²) in [6.07, 6.45) is 0. The highest BCUT2D eigenvalue weighted by atomic mass is 32.2. The lowest BCUT2D eigenvalue weighted by atomic mass is 10.2. The predicted octanol–water partition coefficient (Wildman–Crippen LogP) is 4.15. The average molecular weight is 483 g/mol. The normalized spacial score (nSPS) is 14.4. The summed E-state index contributed by atoms with van der Waals surface area (Å²) in [5.41, 5.74) is 0.688. The number of morpholine rings is 1. The fourth-order valence-electron chi connectivity index (χ4n) is 3.47. The van der Waals surface area contributed by atoms with Crippen molar-refractivity contribution in [3.8, 4) is 17.2 Å². The Morgan fingerprint density at radius 2 is 1.65 bits per heavy atom. The molecule has 0 aliphatic carbocycles. The van der Waals surface area contributed by atoms with Gasteiger partial charge >= 0.3 is 0 Å². The van der Waals surface area contributed by atoms with Crippen molar-refractivity contribution in [3.63, 3.8) is 0 Å². The number of hydrogen-bond donors (Lipinski definition) is 1. The standard InChI is InChI=1S/C25H26N2O6S/c1-2-32-20-8-10-21(11-9-20)33-24-13-12-22(34(29,30)27-14-16-31-17-15-27)18-23(24)26-25(28)19-6-4-3-5-7-19/h3-13,18H,2,14-17H2,1H3,(H,26,28). The van der Waals surface area contributed by atoms with Gasteiger partial charge in [0.05, 0.1) is 30.4 Å². The van der Waals surface area contributed by atoms with Crippen molar-refractivity contribution in [1.82, 2.24) is 4.31 Å². The molecule has 1 N–H and O–H groups in total. The second kappa shape index (κ2) is 10.7. The lowest BCUT2D eigenvalue weighted by Gasteiger charge is -2.26. The van der Waals surface area contributed by atoms with Crippen LogP contribution in [0.4, 0.5) is 5.69 Å². The van der Waals surface area contributed by atoms with E-state index in [1.807, 2.05) is 13.0 Å². The van der Waals surface area contributed by atoms with Crippen LogP contribution in [0.25, 0.3) is 0 Å². The summed E-state index contributed by atoms with van der Waals surface area (Å²) >= 11 is 0. The molecule has 0 saturated carbocycles. The van der Waals surface area contributed by atoms with E-state index in [0.29, 0.717) is 42.6 Å². The van der Waals surface area contributed by atoms with Gasteiger partial charge in [-0.1, -0.05) is 18.2 Å². The molecule has 0 unspecified atom stereocenters. The highest BCUT2D eigenvalue weighted by Crippen LogP contribution is 2.34. The van der Waals surface area contributed by atoms with Gasteiger partial charge in [0.25, 0.3) is 5.91 Å². The number of benzene rings is 3. The van der Waals surface area contributed by atoms with Gasteiger partial charge in [-0.05, 0) is 61.5 Å². The minimum Gasteiger partial charge on any atom is -0.494 e. The maximum absolute atomic E-state index is 13.2. The summed E-state index contributed by atoms with van der Waals surface area (Å²) in [4.78, 5) is 12.9. The molecule has 34 heavy (non-hydrogen) atoms. The lowest BCUT2D eigenvalue weighted by Crippen LogP contribution is -2.40. The Kier molecular flexibility index (Phi) is 7.46. The van der Waals surface area contributed by atoms with Gasteiger partial charge in [-0.15, -0.1) is 0 Å². The summed E-state index contributed by atoms with van der Waals surface area (Å²) in [7, 11) is -3.76. The molecule has 178 valence electrons. The van der Waals surface area contributed by atoms with Gasteiger partial charge in [0.15, 0.2) is 5.75 Å². The second-order valence-electron chi connectivity index (χ2n) is 7.50. The summed E-state index contributed by atoms with van der Waals surface area (Å²) in [5, 5.41) is 2.80. The molecule has 1 heterocycles. The SMILES string of the molecule is CCOc1ccc(Oc2ccc(S(=O)(=O)N3CCOCC3)cc2NC(=O)c2ccccc2)cc1. The smallest absolute Gasteiger partial charge is 0.255 e. The van der Waals surface area contributed by atoms with E-state index in [-0.39, 0.29) is 29.6 Å². The number of ether oxygens (including phenoxy) is 3. The van der Waals surface area contributed by atoms with Gasteiger partial charge in [-0.25, -0.2) is 8.42 Å². The van der Waals surface area contributed by atoms with Gasteiger partial charge in [0.2, 0.25) is 10.0 Å². The van der Waals surface area contributed by atoms with E-state index in [1.165, 1.54) is 16.4 Å². The zero-order chi connectivity index (χ0) is 24.0. The quantitative estimate of drug-likeness (QED) is 0.518. The van der Waals surface area contributed by atoms with Gasteiger partial charge in [-0.3, -0.25) is 4.79 Å². The number of amides is 1. The molecule has 0 bridgehead atoms. The Balaban J connectivity index is 1.66. The van der Waals surface area contributed by atoms with Crippen molar-refractivity contribution in [1.29, 1.82) is 0 Å². The molecule has 1 aliphatic rings. The van der Waals surface area contributed by atoms with Crippen LogP contribution in [0.15, 0.2) is 77.7 Å². The summed E-state index contributed by atoms with van der Waals surface area (Å²) in [5.74, 6) is 1.16. The molecule has 1 fully saturated rings. The Bertz CT molecular complexity index is 1220. The number of hydrogen-bond acceptors (Lipinski definition) is 6. The molecule has 0 radical (unpaired) electrons. The zero-order valence-electron chi connectivity index (χ0n) is 18.8. The third kappa shape index (κ3) is 5.56. The summed E-state index contributed by atoms with van der Waals surface area (Å²) < 4.78 is 44.4. The molecular weight excluding hydrogens is 456 g/mol. The van der Waals surface area contributed by atoms with Crippen molar-refractivity contribution >= 4 is 21.6 Å². The van der Waals surface area contributed by atoms with Crippen LogP contribution in [0, 0.1) is 0 Å². The van der Waals surface area contributed by atoms with Crippen LogP contribution < -0.4 is 14.8 Å². The molecule has 3 aromatic rings. The monoisotopic (exact) mass is 482 g/mol. The van der Waals surface area contributed by atoms with Crippen LogP contribution in [0.5, 0.6) is 17.2 Å². The first-order valence-corrected chi connectivity index (χ1v) is 12.4. The molecule has 0 atom stereocenters. The highest BCUT2D eigenvalue weighted by Gasteiger charge is 2.27. The zero-order valence-corrected chi connectivity index (χ0v) is 19.6. The molecule has 0 aromatic heterocycles. The maximum Gasteiger partial charge on any atom is 0.255 e. The molecule has 0 spiro atoms. The van der Waals surface area contributed by atoms with E-state index < -0.39 is 10.0 Å². The Hall–Kier alpha value is -3.40. The van der Waals surface area contributed by atoms with Gasteiger partial charge in [0, 0.05) is 18.7 Å². The van der Waals surface area contributed by atoms with Crippen molar-refractivity contribution in [2.24, 2.45) is 0 Å². The van der Waals surface area contributed by atoms with Crippen LogP contribution in [0.1, 0.15) is 17.3 Å². The molecule has 3 aromatic carbocycles. The third-order valence-electron chi connectivity index (χ3n) is 5.21. The largest absolute Gasteiger partial charge is 0.494 e. The fraction of sp³-hybridized carbons (Fsp3) is 0.240. The lowest BCUT2D eigenvalue weighted by molar-refractivity contribution is 0.0730. The van der Waals surface area contributed by atoms with Crippen LogP contribution >= 0.6 is 0 Å². The summed E-state index contributed by atoms with van der Waals surface area (Å²) in [6.45, 7) is 3.69. The van der Waals surface area contributed by atoms with Crippen molar-refractivity contribution < 1.29 is 27.4 Å². The minimum atomic E-state index is -3.76. The molecule has 1 saturated heterocycles. The first-order chi connectivity index (χ1) is 16.5. The number of carbonyl (C=O) groups excluding carboxylic acids is 1. The molecule has 1 aliphatic heterocycles. The van der Waals surface area contributed by atoms with Crippen LogP contribution in [0.3, 0.4) is 0 Å². The molecule has 9 heteroatoms. The summed E-state index contributed by atoms with van der Waals surface area (Å²) in [6, 6.07) is 20.2. The van der Waals surface area contributed by atoms with Gasteiger partial charge in [-0.2, -0.15) is 4.31 Å². The van der Waals surface area contributed by atoms with E-state index in [9.17, 15) is 13.2 Å². The van der Waals surface area contributed by atoms with E-state index in [1.54, 1.807) is 54.6 Å². The van der Waals surface area contributed by atoms with Crippen molar-refractivity contribution in [2.75, 3.05) is 38.2 Å². The van der Waals surface area contributed by atoms with Gasteiger partial charge < -0.3 is 19.5 Å². The van der Waals surface area contributed by atoms with E-state index in [0.717, 1.165) is 0 Å².